The van der Waals surface area contributed by atoms with Crippen molar-refractivity contribution in [3.63, 3.8) is 0 Å². The standard InChI is InChI=1S/C14H20N2O2S/c17-14(16-6-2-9-19-10-7-16)15-12-3-1-4-13-11(12)5-8-18-13/h5,8,12H,1-4,6-7,9-10H2,(H,15,17). The molecule has 104 valence electrons. The van der Waals surface area contributed by atoms with Gasteiger partial charge in [0.25, 0.3) is 0 Å². The number of hydrogen-bond acceptors (Lipinski definition) is 3. The maximum absolute atomic E-state index is 12.3. The van der Waals surface area contributed by atoms with Gasteiger partial charge in [0, 0.05) is 30.8 Å². The van der Waals surface area contributed by atoms with Crippen LogP contribution in [-0.2, 0) is 6.42 Å². The van der Waals surface area contributed by atoms with Gasteiger partial charge in [0.05, 0.1) is 12.3 Å². The summed E-state index contributed by atoms with van der Waals surface area (Å²) in [5.41, 5.74) is 1.17. The van der Waals surface area contributed by atoms with Crippen molar-refractivity contribution in [2.45, 2.75) is 31.7 Å². The first-order valence-corrected chi connectivity index (χ1v) is 8.19. The van der Waals surface area contributed by atoms with Gasteiger partial charge in [-0.15, -0.1) is 0 Å². The third-order valence-corrected chi connectivity index (χ3v) is 4.91. The summed E-state index contributed by atoms with van der Waals surface area (Å²) in [7, 11) is 0. The van der Waals surface area contributed by atoms with E-state index in [1.807, 2.05) is 22.7 Å². The summed E-state index contributed by atoms with van der Waals surface area (Å²) in [5.74, 6) is 3.26. The molecular weight excluding hydrogens is 260 g/mol. The molecule has 1 unspecified atom stereocenters. The Labute approximate surface area is 117 Å². The van der Waals surface area contributed by atoms with Gasteiger partial charge in [-0.1, -0.05) is 0 Å². The minimum atomic E-state index is 0.0848. The zero-order chi connectivity index (χ0) is 13.1. The molecule has 4 nitrogen and oxygen atoms in total. The third kappa shape index (κ3) is 2.91. The number of amides is 2. The number of nitrogens with one attached hydrogen (secondary N) is 1. The Morgan fingerprint density at radius 3 is 3.26 bits per heavy atom. The zero-order valence-electron chi connectivity index (χ0n) is 11.1. The maximum Gasteiger partial charge on any atom is 0.317 e. The Morgan fingerprint density at radius 1 is 1.37 bits per heavy atom. The Morgan fingerprint density at radius 2 is 2.32 bits per heavy atom. The van der Waals surface area contributed by atoms with Crippen LogP contribution in [0.1, 0.15) is 36.6 Å². The highest BCUT2D eigenvalue weighted by atomic mass is 32.2. The second-order valence-corrected chi connectivity index (χ2v) is 6.37. The summed E-state index contributed by atoms with van der Waals surface area (Å²) in [4.78, 5) is 14.3. The van der Waals surface area contributed by atoms with E-state index in [0.717, 1.165) is 50.3 Å². The van der Waals surface area contributed by atoms with E-state index in [4.69, 9.17) is 4.42 Å². The lowest BCUT2D eigenvalue weighted by atomic mass is 9.93. The number of furan rings is 1. The summed E-state index contributed by atoms with van der Waals surface area (Å²) < 4.78 is 5.47. The van der Waals surface area contributed by atoms with E-state index in [2.05, 4.69) is 5.32 Å². The third-order valence-electron chi connectivity index (χ3n) is 3.86. The Hall–Kier alpha value is -1.10. The van der Waals surface area contributed by atoms with Gasteiger partial charge < -0.3 is 14.6 Å². The lowest BCUT2D eigenvalue weighted by Gasteiger charge is -2.27. The molecule has 1 atom stereocenters. The number of fused-ring (bicyclic) bond motifs is 1. The van der Waals surface area contributed by atoms with Crippen LogP contribution < -0.4 is 5.32 Å². The highest BCUT2D eigenvalue weighted by Crippen LogP contribution is 2.30. The Bertz CT molecular complexity index is 438. The number of urea groups is 1. The van der Waals surface area contributed by atoms with Crippen LogP contribution in [0.25, 0.3) is 0 Å². The number of hydrogen-bond donors (Lipinski definition) is 1. The quantitative estimate of drug-likeness (QED) is 0.860. The number of aryl methyl sites for hydroxylation is 1. The average Bonchev–Trinajstić information content (AvgIpc) is 2.73. The summed E-state index contributed by atoms with van der Waals surface area (Å²) in [6.07, 6.45) is 5.93. The van der Waals surface area contributed by atoms with Crippen molar-refractivity contribution in [1.82, 2.24) is 10.2 Å². The fourth-order valence-electron chi connectivity index (χ4n) is 2.83. The van der Waals surface area contributed by atoms with Crippen molar-refractivity contribution in [3.8, 4) is 0 Å². The molecule has 1 aromatic heterocycles. The largest absolute Gasteiger partial charge is 0.469 e. The predicted octanol–water partition coefficient (Wildman–Crippen LogP) is 2.81. The first kappa shape index (κ1) is 12.9. The van der Waals surface area contributed by atoms with Crippen molar-refractivity contribution in [1.29, 1.82) is 0 Å². The number of rotatable bonds is 1. The molecule has 0 spiro atoms. The molecule has 1 N–H and O–H groups in total. The molecule has 1 fully saturated rings. The number of nitrogens with zero attached hydrogens (tertiary/aromatic N) is 1. The van der Waals surface area contributed by atoms with E-state index in [9.17, 15) is 4.79 Å². The molecule has 5 heteroatoms. The smallest absolute Gasteiger partial charge is 0.317 e. The molecule has 0 bridgehead atoms. The fraction of sp³-hybridized carbons (Fsp3) is 0.643. The molecule has 0 saturated carbocycles. The molecule has 2 amide bonds. The maximum atomic E-state index is 12.3. The van der Waals surface area contributed by atoms with E-state index >= 15 is 0 Å². The molecule has 1 aromatic rings. The second-order valence-electron chi connectivity index (χ2n) is 5.15. The minimum Gasteiger partial charge on any atom is -0.469 e. The van der Waals surface area contributed by atoms with E-state index in [0.29, 0.717) is 0 Å². The van der Waals surface area contributed by atoms with E-state index in [1.165, 1.54) is 11.3 Å². The molecule has 1 aliphatic carbocycles. The van der Waals surface area contributed by atoms with Crippen molar-refractivity contribution >= 4 is 17.8 Å². The van der Waals surface area contributed by atoms with Gasteiger partial charge >= 0.3 is 6.03 Å². The number of carbonyl (C=O) groups is 1. The van der Waals surface area contributed by atoms with Gasteiger partial charge in [0.2, 0.25) is 0 Å². The molecule has 0 radical (unpaired) electrons. The van der Waals surface area contributed by atoms with Gasteiger partial charge in [-0.05, 0) is 31.1 Å². The Kier molecular flexibility index (Phi) is 4.01. The summed E-state index contributed by atoms with van der Waals surface area (Å²) in [5, 5.41) is 3.18. The van der Waals surface area contributed by atoms with Crippen molar-refractivity contribution in [3.05, 3.63) is 23.7 Å². The average molecular weight is 280 g/mol. The van der Waals surface area contributed by atoms with Gasteiger partial charge in [-0.25, -0.2) is 4.79 Å². The van der Waals surface area contributed by atoms with E-state index < -0.39 is 0 Å². The fourth-order valence-corrected chi connectivity index (χ4v) is 3.71. The van der Waals surface area contributed by atoms with Crippen LogP contribution in [0.15, 0.2) is 16.7 Å². The minimum absolute atomic E-state index is 0.0848. The van der Waals surface area contributed by atoms with Gasteiger partial charge in [0.1, 0.15) is 5.76 Å². The van der Waals surface area contributed by atoms with Crippen LogP contribution in [0.3, 0.4) is 0 Å². The van der Waals surface area contributed by atoms with Crippen molar-refractivity contribution in [2.24, 2.45) is 0 Å². The lowest BCUT2D eigenvalue weighted by Crippen LogP contribution is -2.43. The molecule has 3 rings (SSSR count). The van der Waals surface area contributed by atoms with Crippen LogP contribution in [0, 0.1) is 0 Å². The molecule has 0 aromatic carbocycles. The zero-order valence-corrected chi connectivity index (χ0v) is 11.9. The normalized spacial score (nSPS) is 23.6. The molecule has 2 heterocycles. The summed E-state index contributed by atoms with van der Waals surface area (Å²) in [6.45, 7) is 1.74. The predicted molar refractivity (Wildman–Crippen MR) is 76.4 cm³/mol. The molecule has 2 aliphatic rings. The van der Waals surface area contributed by atoms with Gasteiger partial charge in [0.15, 0.2) is 0 Å². The van der Waals surface area contributed by atoms with Crippen LogP contribution in [-0.4, -0.2) is 35.5 Å². The van der Waals surface area contributed by atoms with E-state index in [-0.39, 0.29) is 12.1 Å². The highest BCUT2D eigenvalue weighted by molar-refractivity contribution is 7.99. The van der Waals surface area contributed by atoms with Gasteiger partial charge in [-0.3, -0.25) is 0 Å². The highest BCUT2D eigenvalue weighted by Gasteiger charge is 2.26. The molecule has 1 saturated heterocycles. The van der Waals surface area contributed by atoms with Crippen LogP contribution in [0.2, 0.25) is 0 Å². The second kappa shape index (κ2) is 5.90. The van der Waals surface area contributed by atoms with Crippen molar-refractivity contribution < 1.29 is 9.21 Å². The summed E-state index contributed by atoms with van der Waals surface area (Å²) in [6, 6.07) is 2.21. The first-order chi connectivity index (χ1) is 9.34. The van der Waals surface area contributed by atoms with Crippen LogP contribution in [0.5, 0.6) is 0 Å². The summed E-state index contributed by atoms with van der Waals surface area (Å²) >= 11 is 1.94. The topological polar surface area (TPSA) is 45.5 Å². The Balaban J connectivity index is 1.64. The SMILES string of the molecule is O=C(NC1CCCc2occc21)N1CCCSCC1. The van der Waals surface area contributed by atoms with E-state index in [1.54, 1.807) is 6.26 Å². The molecule has 19 heavy (non-hydrogen) atoms. The number of carbonyl (C=O) groups excluding carboxylic acids is 1. The molecule has 1 aliphatic heterocycles. The molecular formula is C14H20N2O2S. The lowest BCUT2D eigenvalue weighted by molar-refractivity contribution is 0.196. The van der Waals surface area contributed by atoms with Crippen LogP contribution >= 0.6 is 11.8 Å². The van der Waals surface area contributed by atoms with Crippen LogP contribution in [0.4, 0.5) is 4.79 Å². The number of thioether (sulfide) groups is 1. The van der Waals surface area contributed by atoms with Gasteiger partial charge in [-0.2, -0.15) is 11.8 Å². The first-order valence-electron chi connectivity index (χ1n) is 7.04. The van der Waals surface area contributed by atoms with Crippen molar-refractivity contribution in [2.75, 3.05) is 24.6 Å². The monoisotopic (exact) mass is 280 g/mol.